The standard InChI is InChI=1S/C15H13BrN4OS2/c1-2-21-9-3-4-10-11(7-9)18-14(17-10)23-8-12-13(16)20-5-6-22-15(20)19-12/h3-7H,2,8H2,1H3,(H,17,18). The van der Waals surface area contributed by atoms with Gasteiger partial charge in [-0.2, -0.15) is 0 Å². The lowest BCUT2D eigenvalue weighted by molar-refractivity contribution is 0.340. The number of aromatic amines is 1. The van der Waals surface area contributed by atoms with Crippen LogP contribution in [0, 0.1) is 0 Å². The van der Waals surface area contributed by atoms with Crippen molar-refractivity contribution in [3.63, 3.8) is 0 Å². The number of rotatable bonds is 5. The minimum atomic E-state index is 0.659. The highest BCUT2D eigenvalue weighted by atomic mass is 79.9. The first-order valence-electron chi connectivity index (χ1n) is 7.10. The zero-order valence-corrected chi connectivity index (χ0v) is 15.5. The van der Waals surface area contributed by atoms with Gasteiger partial charge in [-0.15, -0.1) is 11.3 Å². The Labute approximate surface area is 149 Å². The molecule has 0 atom stereocenters. The molecule has 0 bridgehead atoms. The van der Waals surface area contributed by atoms with E-state index in [0.717, 1.165) is 43.0 Å². The lowest BCUT2D eigenvalue weighted by atomic mass is 10.3. The highest BCUT2D eigenvalue weighted by molar-refractivity contribution is 9.10. The van der Waals surface area contributed by atoms with Crippen LogP contribution in [0.2, 0.25) is 0 Å². The predicted octanol–water partition coefficient (Wildman–Crippen LogP) is 4.73. The normalized spacial score (nSPS) is 11.6. The van der Waals surface area contributed by atoms with Gasteiger partial charge in [-0.05, 0) is 35.0 Å². The minimum Gasteiger partial charge on any atom is -0.494 e. The minimum absolute atomic E-state index is 0.659. The van der Waals surface area contributed by atoms with E-state index in [2.05, 4.69) is 30.9 Å². The first-order valence-corrected chi connectivity index (χ1v) is 9.75. The molecular weight excluding hydrogens is 396 g/mol. The zero-order valence-electron chi connectivity index (χ0n) is 12.2. The molecule has 4 rings (SSSR count). The molecule has 0 unspecified atom stereocenters. The monoisotopic (exact) mass is 408 g/mol. The van der Waals surface area contributed by atoms with Crippen LogP contribution in [0.1, 0.15) is 12.6 Å². The lowest BCUT2D eigenvalue weighted by Crippen LogP contribution is -1.90. The van der Waals surface area contributed by atoms with Crippen LogP contribution in [0.5, 0.6) is 5.75 Å². The molecule has 5 nitrogen and oxygen atoms in total. The number of ether oxygens (including phenoxy) is 1. The summed E-state index contributed by atoms with van der Waals surface area (Å²) in [6, 6.07) is 5.91. The van der Waals surface area contributed by atoms with E-state index in [0.29, 0.717) is 6.61 Å². The molecule has 23 heavy (non-hydrogen) atoms. The molecule has 0 spiro atoms. The average Bonchev–Trinajstić information content (AvgIpc) is 3.22. The summed E-state index contributed by atoms with van der Waals surface area (Å²) in [5.74, 6) is 1.62. The molecule has 0 aliphatic rings. The summed E-state index contributed by atoms with van der Waals surface area (Å²) in [6.45, 7) is 2.64. The Morgan fingerprint density at radius 3 is 3.13 bits per heavy atom. The van der Waals surface area contributed by atoms with Crippen molar-refractivity contribution in [2.75, 3.05) is 6.61 Å². The molecule has 118 valence electrons. The van der Waals surface area contributed by atoms with Gasteiger partial charge in [0.1, 0.15) is 10.4 Å². The number of thiazole rings is 1. The first-order chi connectivity index (χ1) is 11.2. The number of hydrogen-bond acceptors (Lipinski definition) is 5. The number of H-pyrrole nitrogens is 1. The second kappa shape index (κ2) is 6.18. The van der Waals surface area contributed by atoms with Crippen LogP contribution >= 0.6 is 39.0 Å². The summed E-state index contributed by atoms with van der Waals surface area (Å²) in [4.78, 5) is 13.6. The van der Waals surface area contributed by atoms with E-state index in [1.165, 1.54) is 0 Å². The molecule has 0 aliphatic heterocycles. The summed E-state index contributed by atoms with van der Waals surface area (Å²) in [7, 11) is 0. The number of halogens is 1. The Hall–Kier alpha value is -1.51. The third-order valence-electron chi connectivity index (χ3n) is 3.36. The molecule has 0 saturated heterocycles. The fraction of sp³-hybridized carbons (Fsp3) is 0.200. The van der Waals surface area contributed by atoms with Crippen molar-refractivity contribution < 1.29 is 4.74 Å². The quantitative estimate of drug-likeness (QED) is 0.485. The summed E-state index contributed by atoms with van der Waals surface area (Å²) in [6.07, 6.45) is 2.02. The van der Waals surface area contributed by atoms with Gasteiger partial charge in [0, 0.05) is 23.4 Å². The van der Waals surface area contributed by atoms with Crippen LogP contribution in [-0.2, 0) is 5.75 Å². The molecule has 3 aromatic heterocycles. The highest BCUT2D eigenvalue weighted by Crippen LogP contribution is 2.29. The fourth-order valence-corrected chi connectivity index (χ4v) is 4.69. The highest BCUT2D eigenvalue weighted by Gasteiger charge is 2.12. The average molecular weight is 409 g/mol. The van der Waals surface area contributed by atoms with Crippen molar-refractivity contribution in [3.05, 3.63) is 40.1 Å². The number of aromatic nitrogens is 4. The van der Waals surface area contributed by atoms with Crippen molar-refractivity contribution in [2.45, 2.75) is 17.8 Å². The van der Waals surface area contributed by atoms with Gasteiger partial charge < -0.3 is 9.72 Å². The summed E-state index contributed by atoms with van der Waals surface area (Å²) < 4.78 is 8.58. The van der Waals surface area contributed by atoms with Crippen LogP contribution in [0.25, 0.3) is 16.0 Å². The van der Waals surface area contributed by atoms with Gasteiger partial charge in [0.05, 0.1) is 23.3 Å². The third-order valence-corrected chi connectivity index (χ3v) is 5.84. The summed E-state index contributed by atoms with van der Waals surface area (Å²) >= 11 is 6.88. The molecule has 0 amide bonds. The SMILES string of the molecule is CCOc1ccc2nc(SCc3nc4sccn4c3Br)[nH]c2c1. The van der Waals surface area contributed by atoms with Crippen LogP contribution < -0.4 is 4.74 Å². The number of nitrogens with zero attached hydrogens (tertiary/aromatic N) is 3. The third kappa shape index (κ3) is 2.86. The van der Waals surface area contributed by atoms with Crippen molar-refractivity contribution in [2.24, 2.45) is 0 Å². The van der Waals surface area contributed by atoms with Crippen molar-refractivity contribution >= 4 is 55.0 Å². The Balaban J connectivity index is 1.55. The van der Waals surface area contributed by atoms with E-state index in [4.69, 9.17) is 4.74 Å². The molecule has 8 heteroatoms. The van der Waals surface area contributed by atoms with E-state index in [1.807, 2.05) is 41.1 Å². The van der Waals surface area contributed by atoms with Gasteiger partial charge in [-0.3, -0.25) is 4.40 Å². The number of thioether (sulfide) groups is 1. The van der Waals surface area contributed by atoms with E-state index in [-0.39, 0.29) is 0 Å². The second-order valence-electron chi connectivity index (χ2n) is 4.85. The number of hydrogen-bond donors (Lipinski definition) is 1. The predicted molar refractivity (Wildman–Crippen MR) is 97.6 cm³/mol. The number of benzene rings is 1. The number of nitrogens with one attached hydrogen (secondary N) is 1. The van der Waals surface area contributed by atoms with Crippen LogP contribution in [0.3, 0.4) is 0 Å². The maximum Gasteiger partial charge on any atom is 0.194 e. The van der Waals surface area contributed by atoms with Crippen molar-refractivity contribution in [1.82, 2.24) is 19.4 Å². The second-order valence-corrected chi connectivity index (χ2v) is 7.44. The first kappa shape index (κ1) is 15.0. The lowest BCUT2D eigenvalue weighted by Gasteiger charge is -2.00. The number of imidazole rings is 2. The van der Waals surface area contributed by atoms with E-state index >= 15 is 0 Å². The smallest absolute Gasteiger partial charge is 0.194 e. The summed E-state index contributed by atoms with van der Waals surface area (Å²) in [5.41, 5.74) is 2.96. The maximum atomic E-state index is 5.52. The van der Waals surface area contributed by atoms with Crippen molar-refractivity contribution in [1.29, 1.82) is 0 Å². The van der Waals surface area contributed by atoms with Crippen molar-refractivity contribution in [3.8, 4) is 5.75 Å². The fourth-order valence-electron chi connectivity index (χ4n) is 2.32. The molecule has 1 N–H and O–H groups in total. The molecule has 0 saturated carbocycles. The molecular formula is C15H13BrN4OS2. The molecule has 0 aliphatic carbocycles. The summed E-state index contributed by atoms with van der Waals surface area (Å²) in [5, 5.41) is 2.91. The van der Waals surface area contributed by atoms with Crippen LogP contribution in [0.4, 0.5) is 0 Å². The Morgan fingerprint density at radius 2 is 2.30 bits per heavy atom. The maximum absolute atomic E-state index is 5.52. The molecule has 0 radical (unpaired) electrons. The Kier molecular flexibility index (Phi) is 4.04. The topological polar surface area (TPSA) is 55.2 Å². The van der Waals surface area contributed by atoms with E-state index < -0.39 is 0 Å². The van der Waals surface area contributed by atoms with Gasteiger partial charge in [-0.25, -0.2) is 9.97 Å². The molecule has 0 fully saturated rings. The Bertz CT molecular complexity index is 975. The molecule has 4 aromatic rings. The van der Waals surface area contributed by atoms with Gasteiger partial charge >= 0.3 is 0 Å². The van der Waals surface area contributed by atoms with E-state index in [1.54, 1.807) is 23.1 Å². The van der Waals surface area contributed by atoms with Gasteiger partial charge in [-0.1, -0.05) is 11.8 Å². The number of fused-ring (bicyclic) bond motifs is 2. The van der Waals surface area contributed by atoms with Crippen LogP contribution in [-0.4, -0.2) is 26.0 Å². The molecule has 1 aromatic carbocycles. The largest absolute Gasteiger partial charge is 0.494 e. The van der Waals surface area contributed by atoms with Crippen LogP contribution in [0.15, 0.2) is 39.5 Å². The van der Waals surface area contributed by atoms with Gasteiger partial charge in [0.15, 0.2) is 10.1 Å². The zero-order chi connectivity index (χ0) is 15.8. The Morgan fingerprint density at radius 1 is 1.39 bits per heavy atom. The van der Waals surface area contributed by atoms with Gasteiger partial charge in [0.25, 0.3) is 0 Å². The van der Waals surface area contributed by atoms with Gasteiger partial charge in [0.2, 0.25) is 0 Å². The molecule has 3 heterocycles. The van der Waals surface area contributed by atoms with E-state index in [9.17, 15) is 0 Å².